The predicted octanol–water partition coefficient (Wildman–Crippen LogP) is 6.87. The van der Waals surface area contributed by atoms with Gasteiger partial charge in [-0.1, -0.05) is 29.8 Å². The fourth-order valence-electron chi connectivity index (χ4n) is 2.91. The number of hydrogen-bond donors (Lipinski definition) is 0. The normalized spacial score (nSPS) is 12.8. The topological polar surface area (TPSA) is 56.5 Å². The molecular formula is C22H22Br3N3O2. The van der Waals surface area contributed by atoms with E-state index in [4.69, 9.17) is 9.72 Å². The molecule has 2 aromatic carbocycles. The summed E-state index contributed by atoms with van der Waals surface area (Å²) in [6, 6.07) is 9.33. The van der Waals surface area contributed by atoms with E-state index in [-0.39, 0.29) is 17.6 Å². The zero-order valence-corrected chi connectivity index (χ0v) is 21.9. The third kappa shape index (κ3) is 5.03. The SMILES string of the molecule is CC[C@@H](C)c1nc2ccc(Br)cc2c(=O)n1N=Cc1cc(Br)c(OC(C)C)c(Br)c1. The number of aromatic nitrogens is 2. The van der Waals surface area contributed by atoms with Crippen LogP contribution < -0.4 is 10.3 Å². The van der Waals surface area contributed by atoms with Gasteiger partial charge in [0.2, 0.25) is 0 Å². The van der Waals surface area contributed by atoms with Crippen molar-refractivity contribution < 1.29 is 4.74 Å². The van der Waals surface area contributed by atoms with Crippen LogP contribution in [0.15, 0.2) is 53.6 Å². The van der Waals surface area contributed by atoms with E-state index in [0.717, 1.165) is 31.2 Å². The summed E-state index contributed by atoms with van der Waals surface area (Å²) in [5.41, 5.74) is 1.30. The molecule has 3 aromatic rings. The van der Waals surface area contributed by atoms with Crippen molar-refractivity contribution in [2.24, 2.45) is 5.10 Å². The summed E-state index contributed by atoms with van der Waals surface area (Å²) in [5.74, 6) is 1.46. The molecule has 0 saturated heterocycles. The van der Waals surface area contributed by atoms with E-state index in [2.05, 4.69) is 59.8 Å². The molecule has 158 valence electrons. The zero-order chi connectivity index (χ0) is 22.0. The Labute approximate surface area is 200 Å². The highest BCUT2D eigenvalue weighted by Gasteiger charge is 2.16. The molecule has 0 aliphatic rings. The number of halogens is 3. The van der Waals surface area contributed by atoms with E-state index in [0.29, 0.717) is 16.7 Å². The van der Waals surface area contributed by atoms with Crippen molar-refractivity contribution in [1.29, 1.82) is 0 Å². The first-order valence-electron chi connectivity index (χ1n) is 9.63. The summed E-state index contributed by atoms with van der Waals surface area (Å²) in [6.07, 6.45) is 2.56. The Morgan fingerprint density at radius 2 is 1.80 bits per heavy atom. The van der Waals surface area contributed by atoms with Gasteiger partial charge in [0, 0.05) is 10.4 Å². The maximum atomic E-state index is 13.2. The van der Waals surface area contributed by atoms with E-state index in [1.807, 2.05) is 45.0 Å². The van der Waals surface area contributed by atoms with Crippen LogP contribution in [0.25, 0.3) is 10.9 Å². The summed E-state index contributed by atoms with van der Waals surface area (Å²) in [4.78, 5) is 17.9. The second-order valence-electron chi connectivity index (χ2n) is 7.28. The van der Waals surface area contributed by atoms with E-state index in [1.54, 1.807) is 12.3 Å². The Balaban J connectivity index is 2.11. The number of fused-ring (bicyclic) bond motifs is 1. The van der Waals surface area contributed by atoms with Crippen LogP contribution in [0.2, 0.25) is 0 Å². The lowest BCUT2D eigenvalue weighted by atomic mass is 10.1. The third-order valence-electron chi connectivity index (χ3n) is 4.58. The molecule has 0 amide bonds. The molecule has 0 N–H and O–H groups in total. The van der Waals surface area contributed by atoms with E-state index < -0.39 is 0 Å². The molecule has 0 aliphatic heterocycles. The van der Waals surface area contributed by atoms with Crippen LogP contribution in [0.3, 0.4) is 0 Å². The molecule has 5 nitrogen and oxygen atoms in total. The Morgan fingerprint density at radius 1 is 1.13 bits per heavy atom. The minimum Gasteiger partial charge on any atom is -0.489 e. The summed E-state index contributed by atoms with van der Waals surface area (Å²) in [5, 5.41) is 5.04. The van der Waals surface area contributed by atoms with Crippen LogP contribution in [0.1, 0.15) is 51.4 Å². The Kier molecular flexibility index (Phi) is 7.52. The maximum absolute atomic E-state index is 13.2. The molecule has 3 rings (SSSR count). The Bertz CT molecular complexity index is 1150. The van der Waals surface area contributed by atoms with Crippen molar-refractivity contribution in [1.82, 2.24) is 9.66 Å². The number of nitrogens with zero attached hydrogens (tertiary/aromatic N) is 3. The van der Waals surface area contributed by atoms with Gasteiger partial charge in [-0.05, 0) is 88.0 Å². The molecule has 1 atom stereocenters. The van der Waals surface area contributed by atoms with Gasteiger partial charge in [0.05, 0.1) is 32.2 Å². The van der Waals surface area contributed by atoms with Gasteiger partial charge in [0.1, 0.15) is 11.6 Å². The molecule has 30 heavy (non-hydrogen) atoms. The second-order valence-corrected chi connectivity index (χ2v) is 9.91. The third-order valence-corrected chi connectivity index (χ3v) is 6.25. The first-order chi connectivity index (χ1) is 14.2. The fourth-order valence-corrected chi connectivity index (χ4v) is 4.68. The number of ether oxygens (including phenoxy) is 1. The highest BCUT2D eigenvalue weighted by molar-refractivity contribution is 9.11. The van der Waals surface area contributed by atoms with Crippen molar-refractivity contribution in [3.63, 3.8) is 0 Å². The largest absolute Gasteiger partial charge is 0.489 e. The minimum atomic E-state index is -0.189. The van der Waals surface area contributed by atoms with E-state index in [9.17, 15) is 4.79 Å². The summed E-state index contributed by atoms with van der Waals surface area (Å²) in [6.45, 7) is 8.06. The fraction of sp³-hybridized carbons (Fsp3) is 0.318. The Morgan fingerprint density at radius 3 is 2.40 bits per heavy atom. The molecular weight excluding hydrogens is 578 g/mol. The van der Waals surface area contributed by atoms with Gasteiger partial charge in [-0.15, -0.1) is 0 Å². The Hall–Kier alpha value is -1.51. The smallest absolute Gasteiger partial charge is 0.282 e. The van der Waals surface area contributed by atoms with Crippen molar-refractivity contribution in [2.45, 2.75) is 46.1 Å². The van der Waals surface area contributed by atoms with Gasteiger partial charge in [-0.3, -0.25) is 4.79 Å². The highest BCUT2D eigenvalue weighted by atomic mass is 79.9. The molecule has 0 unspecified atom stereocenters. The first kappa shape index (κ1) is 23.2. The molecule has 0 fully saturated rings. The van der Waals surface area contributed by atoms with E-state index >= 15 is 0 Å². The number of hydrogen-bond acceptors (Lipinski definition) is 4. The van der Waals surface area contributed by atoms with Crippen LogP contribution in [-0.2, 0) is 0 Å². The van der Waals surface area contributed by atoms with Crippen LogP contribution in [0.4, 0.5) is 0 Å². The zero-order valence-electron chi connectivity index (χ0n) is 17.1. The lowest BCUT2D eigenvalue weighted by Gasteiger charge is -2.15. The molecule has 0 bridgehead atoms. The van der Waals surface area contributed by atoms with Gasteiger partial charge in [0.25, 0.3) is 5.56 Å². The standard InChI is InChI=1S/C22H22Br3N3O2/c1-5-13(4)21-27-19-7-6-15(23)10-16(19)22(29)28(21)26-11-14-8-17(24)20(18(25)9-14)30-12(2)3/h6-13H,5H2,1-4H3/t13-/m1/s1. The van der Waals surface area contributed by atoms with Gasteiger partial charge >= 0.3 is 0 Å². The average molecular weight is 600 g/mol. The summed E-state index contributed by atoms with van der Waals surface area (Å²) < 4.78 is 9.68. The lowest BCUT2D eigenvalue weighted by molar-refractivity contribution is 0.239. The molecule has 1 aromatic heterocycles. The quantitative estimate of drug-likeness (QED) is 0.291. The minimum absolute atomic E-state index is 0.0526. The van der Waals surface area contributed by atoms with Crippen molar-refractivity contribution in [2.75, 3.05) is 0 Å². The van der Waals surface area contributed by atoms with Gasteiger partial charge in [-0.25, -0.2) is 4.98 Å². The van der Waals surface area contributed by atoms with Crippen molar-refractivity contribution in [3.8, 4) is 5.75 Å². The molecule has 0 spiro atoms. The number of rotatable bonds is 6. The molecule has 0 aliphatic carbocycles. The van der Waals surface area contributed by atoms with Crippen molar-refractivity contribution in [3.05, 3.63) is 65.5 Å². The van der Waals surface area contributed by atoms with Crippen LogP contribution in [-0.4, -0.2) is 22.0 Å². The van der Waals surface area contributed by atoms with Crippen LogP contribution >= 0.6 is 47.8 Å². The first-order valence-corrected chi connectivity index (χ1v) is 12.0. The summed E-state index contributed by atoms with van der Waals surface area (Å²) in [7, 11) is 0. The van der Waals surface area contributed by atoms with Gasteiger partial charge < -0.3 is 4.74 Å². The van der Waals surface area contributed by atoms with Gasteiger partial charge in [0.15, 0.2) is 0 Å². The average Bonchev–Trinajstić information content (AvgIpc) is 2.69. The maximum Gasteiger partial charge on any atom is 0.282 e. The molecule has 0 saturated carbocycles. The highest BCUT2D eigenvalue weighted by Crippen LogP contribution is 2.35. The summed E-state index contributed by atoms with van der Waals surface area (Å²) >= 11 is 10.5. The predicted molar refractivity (Wildman–Crippen MR) is 133 cm³/mol. The van der Waals surface area contributed by atoms with Crippen LogP contribution in [0.5, 0.6) is 5.75 Å². The van der Waals surface area contributed by atoms with Crippen molar-refractivity contribution >= 4 is 64.9 Å². The second kappa shape index (κ2) is 9.75. The van der Waals surface area contributed by atoms with E-state index in [1.165, 1.54) is 4.68 Å². The number of benzene rings is 2. The van der Waals surface area contributed by atoms with Crippen LogP contribution in [0, 0.1) is 0 Å². The molecule has 1 heterocycles. The van der Waals surface area contributed by atoms with Gasteiger partial charge in [-0.2, -0.15) is 9.78 Å². The molecule has 0 radical (unpaired) electrons. The molecule has 8 heteroatoms. The lowest BCUT2D eigenvalue weighted by Crippen LogP contribution is -2.23. The monoisotopic (exact) mass is 597 g/mol.